The lowest BCUT2D eigenvalue weighted by molar-refractivity contribution is -0.208. The van der Waals surface area contributed by atoms with Crippen LogP contribution in [0.4, 0.5) is 0 Å². The van der Waals surface area contributed by atoms with E-state index in [-0.39, 0.29) is 12.6 Å². The summed E-state index contributed by atoms with van der Waals surface area (Å²) in [4.78, 5) is 0. The van der Waals surface area contributed by atoms with E-state index in [1.807, 2.05) is 0 Å². The summed E-state index contributed by atoms with van der Waals surface area (Å²) in [5.74, 6) is 0. The lowest BCUT2D eigenvalue weighted by Gasteiger charge is -2.22. The van der Waals surface area contributed by atoms with Crippen molar-refractivity contribution in [3.8, 4) is 0 Å². The highest BCUT2D eigenvalue weighted by molar-refractivity contribution is 4.90. The van der Waals surface area contributed by atoms with Gasteiger partial charge in [0.2, 0.25) is 0 Å². The Bertz CT molecular complexity index is 966. The summed E-state index contributed by atoms with van der Waals surface area (Å²) in [7, 11) is 0. The molecule has 2 atom stereocenters. The molecule has 0 radical (unpaired) electrons. The maximum absolute atomic E-state index is 6.73. The van der Waals surface area contributed by atoms with E-state index in [4.69, 9.17) is 33.2 Å². The summed E-state index contributed by atoms with van der Waals surface area (Å²) in [6.45, 7) is 18.4. The third-order valence-corrected chi connectivity index (χ3v) is 14.7. The highest BCUT2D eigenvalue weighted by Crippen LogP contribution is 2.18. The molecular weight excluding hydrogens is 929 g/mol. The molecule has 0 N–H and O–H groups in total. The van der Waals surface area contributed by atoms with Gasteiger partial charge in [-0.1, -0.05) is 272 Å². The van der Waals surface area contributed by atoms with Crippen LogP contribution in [-0.4, -0.2) is 64.8 Å². The summed E-state index contributed by atoms with van der Waals surface area (Å²) in [5.41, 5.74) is 0. The minimum atomic E-state index is -0.440. The zero-order valence-electron chi connectivity index (χ0n) is 51.7. The van der Waals surface area contributed by atoms with Crippen molar-refractivity contribution < 1.29 is 33.2 Å². The second kappa shape index (κ2) is 65.7. The molecule has 0 spiro atoms. The van der Waals surface area contributed by atoms with Crippen molar-refractivity contribution in [2.24, 2.45) is 0 Å². The Hall–Kier alpha value is -0.800. The summed E-state index contributed by atoms with van der Waals surface area (Å²) in [5, 5.41) is 0. The van der Waals surface area contributed by atoms with Crippen LogP contribution >= 0.6 is 0 Å². The van der Waals surface area contributed by atoms with Crippen LogP contribution in [0.25, 0.3) is 0 Å². The first-order valence-electron chi connectivity index (χ1n) is 33.8. The normalized spacial score (nSPS) is 13.0. The number of allylic oxidation sites excluding steroid dienone is 2. The first-order valence-corrected chi connectivity index (χ1v) is 33.8. The van der Waals surface area contributed by atoms with Gasteiger partial charge < -0.3 is 33.2 Å². The van der Waals surface area contributed by atoms with Crippen LogP contribution in [0, 0.1) is 0 Å². The zero-order valence-corrected chi connectivity index (χ0v) is 51.7. The largest absolute Gasteiger partial charge is 0.353 e. The Morgan fingerprint density at radius 1 is 0.227 bits per heavy atom. The predicted octanol–water partition coefficient (Wildman–Crippen LogP) is 22.4. The van der Waals surface area contributed by atoms with Crippen LogP contribution in [-0.2, 0) is 33.2 Å². The zero-order chi connectivity index (χ0) is 54.3. The molecule has 0 rings (SSSR count). The van der Waals surface area contributed by atoms with Crippen LogP contribution in [0.15, 0.2) is 24.3 Å². The van der Waals surface area contributed by atoms with Crippen molar-refractivity contribution >= 4 is 0 Å². The molecule has 0 heterocycles. The van der Waals surface area contributed by atoms with Gasteiger partial charge >= 0.3 is 0 Å². The van der Waals surface area contributed by atoms with Gasteiger partial charge in [0.05, 0.1) is 13.2 Å². The highest BCUT2D eigenvalue weighted by Gasteiger charge is 2.15. The first kappa shape index (κ1) is 74.2. The molecule has 7 nitrogen and oxygen atoms in total. The number of unbranched alkanes of at least 4 members (excludes halogenated alkanes) is 38. The van der Waals surface area contributed by atoms with Gasteiger partial charge in [0.15, 0.2) is 25.2 Å². The van der Waals surface area contributed by atoms with Crippen molar-refractivity contribution in [3.63, 3.8) is 0 Å². The Balaban J connectivity index is 5.65. The summed E-state index contributed by atoms with van der Waals surface area (Å²) >= 11 is 0. The number of hydrogen-bond acceptors (Lipinski definition) is 7. The molecule has 0 aliphatic heterocycles. The molecule has 0 amide bonds. The van der Waals surface area contributed by atoms with Crippen molar-refractivity contribution in [1.29, 1.82) is 0 Å². The second-order valence-corrected chi connectivity index (χ2v) is 22.4. The van der Waals surface area contributed by atoms with Gasteiger partial charge in [-0.05, 0) is 102 Å². The Morgan fingerprint density at radius 2 is 0.440 bits per heavy atom. The average molecular weight is 1060 g/mol. The van der Waals surface area contributed by atoms with E-state index < -0.39 is 12.6 Å². The molecule has 0 aliphatic carbocycles. The first-order chi connectivity index (χ1) is 37.1. The van der Waals surface area contributed by atoms with E-state index in [2.05, 4.69) is 65.8 Å². The second-order valence-electron chi connectivity index (χ2n) is 22.4. The van der Waals surface area contributed by atoms with Crippen LogP contribution in [0.1, 0.15) is 350 Å². The monoisotopic (exact) mass is 1060 g/mol. The standard InChI is InChI=1S/C68H134O7/c1-7-13-19-25-31-33-43-53-63-73-67(57-47-37-35-45-55-65(69-59-49-39-27-21-15-9-3)70-60-50-40-28-22-16-10-4)75-68(74-64-54-44-34-32-26-20-14-8-2)58-48-38-36-46-56-66(71-61-51-41-29-23-17-11-5)72-62-52-42-30-24-18-12-6/h47-48,57-58,65-68H,7-46,49-56,59-64H2,1-6H3. The molecular formula is C68H134O7. The maximum atomic E-state index is 6.73. The summed E-state index contributed by atoms with van der Waals surface area (Å²) in [6, 6.07) is 0. The molecule has 2 unspecified atom stereocenters. The third kappa shape index (κ3) is 59.2. The minimum absolute atomic E-state index is 0.0926. The average Bonchev–Trinajstić information content (AvgIpc) is 3.42. The predicted molar refractivity (Wildman–Crippen MR) is 326 cm³/mol. The molecule has 0 saturated carbocycles. The highest BCUT2D eigenvalue weighted by atomic mass is 16.8. The molecule has 0 aliphatic rings. The molecule has 0 aromatic heterocycles. The van der Waals surface area contributed by atoms with Crippen molar-refractivity contribution in [2.45, 2.75) is 375 Å². The van der Waals surface area contributed by atoms with E-state index in [0.29, 0.717) is 13.2 Å². The van der Waals surface area contributed by atoms with Gasteiger partial charge in [-0.3, -0.25) is 0 Å². The van der Waals surface area contributed by atoms with Gasteiger partial charge in [0, 0.05) is 26.4 Å². The Kier molecular flexibility index (Phi) is 65.0. The third-order valence-electron chi connectivity index (χ3n) is 14.7. The Labute approximate surface area is 470 Å². The fraction of sp³-hybridized carbons (Fsp3) is 0.941. The van der Waals surface area contributed by atoms with Gasteiger partial charge in [-0.2, -0.15) is 0 Å². The quantitative estimate of drug-likeness (QED) is 0.0342. The van der Waals surface area contributed by atoms with Crippen LogP contribution in [0.2, 0.25) is 0 Å². The fourth-order valence-corrected chi connectivity index (χ4v) is 9.66. The molecule has 0 saturated heterocycles. The lowest BCUT2D eigenvalue weighted by atomic mass is 10.1. The van der Waals surface area contributed by atoms with Gasteiger partial charge in [-0.25, -0.2) is 0 Å². The SMILES string of the molecule is CCCCCCCCCCOC(C=CCCCCC(OCCCCCCCC)OCCCCCCCC)OC(C=CCCCCC(OCCCCCCCC)OCCCCCCCC)OCCCCCCCCCC. The smallest absolute Gasteiger partial charge is 0.180 e. The van der Waals surface area contributed by atoms with Crippen molar-refractivity contribution in [2.75, 3.05) is 39.6 Å². The Morgan fingerprint density at radius 3 is 0.680 bits per heavy atom. The van der Waals surface area contributed by atoms with Crippen LogP contribution in [0.3, 0.4) is 0 Å². The van der Waals surface area contributed by atoms with Crippen molar-refractivity contribution in [3.05, 3.63) is 24.3 Å². The van der Waals surface area contributed by atoms with Gasteiger partial charge in [0.25, 0.3) is 0 Å². The number of hydrogen-bond donors (Lipinski definition) is 0. The maximum Gasteiger partial charge on any atom is 0.180 e. The summed E-state index contributed by atoms with van der Waals surface area (Å²) < 4.78 is 45.3. The van der Waals surface area contributed by atoms with E-state index in [1.54, 1.807) is 0 Å². The van der Waals surface area contributed by atoms with E-state index in [0.717, 1.165) is 116 Å². The van der Waals surface area contributed by atoms with E-state index in [1.165, 1.54) is 218 Å². The molecule has 7 heteroatoms. The number of ether oxygens (including phenoxy) is 7. The lowest BCUT2D eigenvalue weighted by Crippen LogP contribution is -2.25. The summed E-state index contributed by atoms with van der Waals surface area (Å²) in [6.07, 6.45) is 67.2. The van der Waals surface area contributed by atoms with E-state index in [9.17, 15) is 0 Å². The topological polar surface area (TPSA) is 64.6 Å². The molecule has 448 valence electrons. The van der Waals surface area contributed by atoms with Crippen LogP contribution in [0.5, 0.6) is 0 Å². The molecule has 0 fully saturated rings. The fourth-order valence-electron chi connectivity index (χ4n) is 9.66. The molecule has 0 bridgehead atoms. The minimum Gasteiger partial charge on any atom is -0.353 e. The molecule has 0 aromatic carbocycles. The molecule has 75 heavy (non-hydrogen) atoms. The van der Waals surface area contributed by atoms with Crippen molar-refractivity contribution in [1.82, 2.24) is 0 Å². The number of rotatable bonds is 66. The van der Waals surface area contributed by atoms with Gasteiger partial charge in [-0.15, -0.1) is 0 Å². The van der Waals surface area contributed by atoms with Gasteiger partial charge in [0.1, 0.15) is 0 Å². The van der Waals surface area contributed by atoms with E-state index >= 15 is 0 Å². The van der Waals surface area contributed by atoms with Crippen LogP contribution < -0.4 is 0 Å². The molecule has 0 aromatic rings.